The van der Waals surface area contributed by atoms with Gasteiger partial charge in [-0.2, -0.15) is 0 Å². The molecule has 196 valence electrons. The number of hydrogen-bond donors (Lipinski definition) is 2. The van der Waals surface area contributed by atoms with E-state index >= 15 is 4.39 Å². The number of nitrogens with zero attached hydrogens (tertiary/aromatic N) is 2. The van der Waals surface area contributed by atoms with Crippen molar-refractivity contribution in [2.24, 2.45) is 17.6 Å². The van der Waals surface area contributed by atoms with Crippen molar-refractivity contribution in [3.05, 3.63) is 59.4 Å². The quantitative estimate of drug-likeness (QED) is 0.529. The number of urea groups is 1. The van der Waals surface area contributed by atoms with Crippen molar-refractivity contribution in [3.63, 3.8) is 0 Å². The van der Waals surface area contributed by atoms with Gasteiger partial charge in [0.25, 0.3) is 0 Å². The van der Waals surface area contributed by atoms with Crippen molar-refractivity contribution >= 4 is 6.03 Å². The zero-order chi connectivity index (χ0) is 25.7. The molecule has 2 aliphatic rings. The molecule has 4 rings (SSSR count). The smallest absolute Gasteiger partial charge is 0.320 e. The molecule has 2 heterocycles. The number of piperidine rings is 2. The Kier molecular flexibility index (Phi) is 8.68. The van der Waals surface area contributed by atoms with Gasteiger partial charge in [0.05, 0.1) is 5.60 Å². The number of carbonyl (C=O) groups is 1. The number of benzene rings is 2. The third kappa shape index (κ3) is 5.45. The fourth-order valence-electron chi connectivity index (χ4n) is 6.17. The van der Waals surface area contributed by atoms with E-state index in [-0.39, 0.29) is 17.8 Å². The molecule has 1 unspecified atom stereocenters. The second-order valence-corrected chi connectivity index (χ2v) is 10.6. The third-order valence-corrected chi connectivity index (χ3v) is 8.32. The van der Waals surface area contributed by atoms with Crippen LogP contribution in [0.4, 0.5) is 9.18 Å². The maximum atomic E-state index is 15.4. The minimum absolute atomic E-state index is 0.0594. The summed E-state index contributed by atoms with van der Waals surface area (Å²) >= 11 is 0. The van der Waals surface area contributed by atoms with Crippen LogP contribution < -0.4 is 5.73 Å². The lowest BCUT2D eigenvalue weighted by Gasteiger charge is -2.45. The number of aliphatic hydroxyl groups is 1. The van der Waals surface area contributed by atoms with Gasteiger partial charge < -0.3 is 20.6 Å². The molecule has 0 spiro atoms. The van der Waals surface area contributed by atoms with E-state index in [0.717, 1.165) is 62.7 Å². The zero-order valence-corrected chi connectivity index (χ0v) is 21.9. The lowest BCUT2D eigenvalue weighted by atomic mass is 9.72. The van der Waals surface area contributed by atoms with Crippen LogP contribution in [0.25, 0.3) is 11.1 Å². The summed E-state index contributed by atoms with van der Waals surface area (Å²) in [7, 11) is 0. The highest BCUT2D eigenvalue weighted by molar-refractivity contribution is 5.75. The third-order valence-electron chi connectivity index (χ3n) is 8.32. The minimum Gasteiger partial charge on any atom is -0.385 e. The fraction of sp³-hybridized carbons (Fsp3) is 0.567. The Balaban J connectivity index is 1.64. The van der Waals surface area contributed by atoms with Crippen LogP contribution in [0.15, 0.2) is 42.5 Å². The molecule has 2 atom stereocenters. The number of hydrogen-bond acceptors (Lipinski definition) is 3. The maximum Gasteiger partial charge on any atom is 0.320 e. The van der Waals surface area contributed by atoms with E-state index in [4.69, 9.17) is 5.73 Å². The molecule has 2 fully saturated rings. The van der Waals surface area contributed by atoms with Gasteiger partial charge in [0, 0.05) is 37.7 Å². The number of aryl methyl sites for hydroxylation is 1. The molecule has 0 saturated carbocycles. The van der Waals surface area contributed by atoms with E-state index in [1.54, 1.807) is 6.07 Å². The summed E-state index contributed by atoms with van der Waals surface area (Å²) in [5.41, 5.74) is 7.66. The van der Waals surface area contributed by atoms with Crippen molar-refractivity contribution in [3.8, 4) is 11.1 Å². The lowest BCUT2D eigenvalue weighted by Crippen LogP contribution is -2.53. The highest BCUT2D eigenvalue weighted by Gasteiger charge is 2.43. The Morgan fingerprint density at radius 3 is 2.53 bits per heavy atom. The first-order valence-corrected chi connectivity index (χ1v) is 13.8. The van der Waals surface area contributed by atoms with E-state index in [1.165, 1.54) is 6.07 Å². The Bertz CT molecular complexity index is 1040. The normalized spacial score (nSPS) is 20.9. The van der Waals surface area contributed by atoms with Crippen molar-refractivity contribution < 1.29 is 14.3 Å². The van der Waals surface area contributed by atoms with Crippen LogP contribution in [0.2, 0.25) is 0 Å². The van der Waals surface area contributed by atoms with Crippen LogP contribution in [-0.4, -0.2) is 53.7 Å². The monoisotopic (exact) mass is 495 g/mol. The minimum atomic E-state index is -1.22. The summed E-state index contributed by atoms with van der Waals surface area (Å²) < 4.78 is 15.4. The van der Waals surface area contributed by atoms with Crippen LogP contribution in [0, 0.1) is 17.7 Å². The van der Waals surface area contributed by atoms with E-state index in [0.29, 0.717) is 43.1 Å². The zero-order valence-electron chi connectivity index (χ0n) is 21.9. The van der Waals surface area contributed by atoms with E-state index in [9.17, 15) is 9.90 Å². The van der Waals surface area contributed by atoms with Gasteiger partial charge in [-0.25, -0.2) is 9.18 Å². The van der Waals surface area contributed by atoms with Crippen molar-refractivity contribution in [1.29, 1.82) is 0 Å². The van der Waals surface area contributed by atoms with Gasteiger partial charge >= 0.3 is 6.03 Å². The molecule has 2 aromatic carbocycles. The number of likely N-dealkylation sites (tertiary alicyclic amines) is 2. The van der Waals surface area contributed by atoms with Gasteiger partial charge in [-0.3, -0.25) is 0 Å². The molecule has 5 nitrogen and oxygen atoms in total. The summed E-state index contributed by atoms with van der Waals surface area (Å²) in [5.74, 6) is 0.0174. The van der Waals surface area contributed by atoms with Gasteiger partial charge in [0.1, 0.15) is 5.82 Å². The summed E-state index contributed by atoms with van der Waals surface area (Å²) in [6.45, 7) is 7.47. The predicted octanol–water partition coefficient (Wildman–Crippen LogP) is 5.55. The first kappa shape index (κ1) is 26.6. The number of nitrogens with two attached hydrogens (primary N) is 1. The molecule has 2 aliphatic heterocycles. The van der Waals surface area contributed by atoms with Crippen molar-refractivity contribution in [2.75, 3.05) is 32.7 Å². The topological polar surface area (TPSA) is 69.8 Å². The van der Waals surface area contributed by atoms with Gasteiger partial charge in [0.2, 0.25) is 0 Å². The number of rotatable bonds is 7. The molecular formula is C30H42FN3O2. The molecule has 2 aromatic rings. The van der Waals surface area contributed by atoms with E-state index in [1.807, 2.05) is 40.1 Å². The number of amides is 2. The number of carbonyl (C=O) groups excluding carboxylic acids is 1. The first-order chi connectivity index (χ1) is 17.4. The molecule has 0 aliphatic carbocycles. The average Bonchev–Trinajstić information content (AvgIpc) is 2.92. The van der Waals surface area contributed by atoms with Crippen LogP contribution in [0.1, 0.15) is 63.5 Å². The molecular weight excluding hydrogens is 453 g/mol. The average molecular weight is 496 g/mol. The van der Waals surface area contributed by atoms with E-state index < -0.39 is 5.60 Å². The number of halogens is 1. The van der Waals surface area contributed by atoms with Crippen LogP contribution in [0.5, 0.6) is 0 Å². The first-order valence-electron chi connectivity index (χ1n) is 13.8. The van der Waals surface area contributed by atoms with Crippen LogP contribution in [-0.2, 0) is 12.0 Å². The van der Waals surface area contributed by atoms with Gasteiger partial charge in [-0.05, 0) is 73.7 Å². The summed E-state index contributed by atoms with van der Waals surface area (Å²) in [6.07, 6.45) is 5.67. The summed E-state index contributed by atoms with van der Waals surface area (Å²) in [4.78, 5) is 17.3. The maximum absolute atomic E-state index is 15.4. The highest BCUT2D eigenvalue weighted by atomic mass is 19.1. The van der Waals surface area contributed by atoms with Gasteiger partial charge in [-0.15, -0.1) is 0 Å². The lowest BCUT2D eigenvalue weighted by molar-refractivity contribution is -0.0559. The Morgan fingerprint density at radius 1 is 1.08 bits per heavy atom. The largest absolute Gasteiger partial charge is 0.385 e. The van der Waals surface area contributed by atoms with Crippen LogP contribution in [0.3, 0.4) is 0 Å². The SMILES string of the molecule is CCC[C@@](O)(c1cccc(F)c1-c1cccc(CC)c1)C1CCCN(C(=O)N2CCC(CN)CC2)C1. The molecule has 0 radical (unpaired) electrons. The highest BCUT2D eigenvalue weighted by Crippen LogP contribution is 2.44. The standard InChI is InChI=1S/C30H42FN3O2/c1-3-15-30(36,26-11-6-12-27(31)28(26)24-9-5-8-22(4-2)19-24)25-10-7-16-34(21-25)29(35)33-17-13-23(20-32)14-18-33/h5-6,8-9,11-12,19,23,25,36H,3-4,7,10,13-18,20-21,32H2,1-2H3/t25?,30-/m0/s1. The Morgan fingerprint density at radius 2 is 1.83 bits per heavy atom. The molecule has 0 bridgehead atoms. The predicted molar refractivity (Wildman–Crippen MR) is 143 cm³/mol. The fourth-order valence-corrected chi connectivity index (χ4v) is 6.17. The molecule has 2 amide bonds. The second-order valence-electron chi connectivity index (χ2n) is 10.6. The molecule has 36 heavy (non-hydrogen) atoms. The van der Waals surface area contributed by atoms with Gasteiger partial charge in [-0.1, -0.05) is 56.7 Å². The summed E-state index contributed by atoms with van der Waals surface area (Å²) in [5, 5.41) is 12.3. The second kappa shape index (κ2) is 11.7. The Hall–Kier alpha value is -2.44. The molecule has 2 saturated heterocycles. The molecule has 3 N–H and O–H groups in total. The summed E-state index contributed by atoms with van der Waals surface area (Å²) in [6, 6.07) is 13.1. The van der Waals surface area contributed by atoms with Gasteiger partial charge in [0.15, 0.2) is 0 Å². The Labute approximate surface area is 215 Å². The van der Waals surface area contributed by atoms with Crippen molar-refractivity contribution in [2.45, 2.75) is 64.4 Å². The molecule has 6 heteroatoms. The van der Waals surface area contributed by atoms with E-state index in [2.05, 4.69) is 13.8 Å². The van der Waals surface area contributed by atoms with Crippen LogP contribution >= 0.6 is 0 Å². The molecule has 0 aromatic heterocycles. The van der Waals surface area contributed by atoms with Crippen molar-refractivity contribution in [1.82, 2.24) is 9.80 Å².